The zero-order valence-electron chi connectivity index (χ0n) is 21.8. The Labute approximate surface area is 204 Å². The van der Waals surface area contributed by atoms with Crippen molar-refractivity contribution in [3.8, 4) is 0 Å². The molecule has 6 N–H and O–H groups in total. The standard InChI is InChI=1S/C25H52O4.H3O3P/c1-22(2)15-11-7-5-9-13-17-24(25(19-26,20-27)21-28)29-18-14-10-6-8-12-16-23(3)4;1-4(2)3/h22-24,26-28H,5-21H2,1-4H3;1-3H. The number of aliphatic hydroxyl groups is 3. The summed E-state index contributed by atoms with van der Waals surface area (Å²) in [5, 5.41) is 29.4. The maximum Gasteiger partial charge on any atom is 0.324 e. The maximum atomic E-state index is 9.82. The summed E-state index contributed by atoms with van der Waals surface area (Å²) < 4.78 is 6.10. The summed E-state index contributed by atoms with van der Waals surface area (Å²) in [6, 6.07) is 0. The fourth-order valence-corrected chi connectivity index (χ4v) is 3.84. The molecule has 0 aromatic heterocycles. The van der Waals surface area contributed by atoms with Gasteiger partial charge in [-0.05, 0) is 24.7 Å². The van der Waals surface area contributed by atoms with Gasteiger partial charge < -0.3 is 34.7 Å². The van der Waals surface area contributed by atoms with Crippen LogP contribution in [0, 0.1) is 17.3 Å². The predicted octanol–water partition coefficient (Wildman–Crippen LogP) is 4.91. The summed E-state index contributed by atoms with van der Waals surface area (Å²) in [7, 11) is -2.62. The summed E-state index contributed by atoms with van der Waals surface area (Å²) in [5.74, 6) is 1.57. The van der Waals surface area contributed by atoms with Crippen LogP contribution in [0.25, 0.3) is 0 Å². The summed E-state index contributed by atoms with van der Waals surface area (Å²) >= 11 is 0. The van der Waals surface area contributed by atoms with Crippen molar-refractivity contribution in [1.29, 1.82) is 0 Å². The van der Waals surface area contributed by atoms with Gasteiger partial charge in [-0.2, -0.15) is 0 Å². The molecule has 0 saturated heterocycles. The normalized spacial score (nSPS) is 13.0. The zero-order valence-corrected chi connectivity index (χ0v) is 22.7. The smallest absolute Gasteiger partial charge is 0.324 e. The largest absolute Gasteiger partial charge is 0.396 e. The molecule has 8 heteroatoms. The molecule has 0 aliphatic rings. The van der Waals surface area contributed by atoms with Gasteiger partial charge in [0.05, 0.1) is 31.3 Å². The van der Waals surface area contributed by atoms with Crippen LogP contribution in [0.15, 0.2) is 0 Å². The number of hydrogen-bond acceptors (Lipinski definition) is 7. The van der Waals surface area contributed by atoms with Gasteiger partial charge in [0.2, 0.25) is 0 Å². The number of hydrogen-bond donors (Lipinski definition) is 6. The third-order valence-corrected chi connectivity index (χ3v) is 6.12. The van der Waals surface area contributed by atoms with Crippen molar-refractivity contribution in [2.45, 2.75) is 117 Å². The van der Waals surface area contributed by atoms with Gasteiger partial charge in [0.1, 0.15) is 0 Å². The highest BCUT2D eigenvalue weighted by atomic mass is 31.2. The lowest BCUT2D eigenvalue weighted by Crippen LogP contribution is -2.46. The first kappa shape index (κ1) is 35.3. The molecule has 1 atom stereocenters. The van der Waals surface area contributed by atoms with E-state index >= 15 is 0 Å². The van der Waals surface area contributed by atoms with Crippen molar-refractivity contribution in [2.75, 3.05) is 26.4 Å². The zero-order chi connectivity index (χ0) is 25.5. The van der Waals surface area contributed by atoms with E-state index in [1.807, 2.05) is 0 Å². The van der Waals surface area contributed by atoms with E-state index in [-0.39, 0.29) is 25.9 Å². The molecule has 0 fully saturated rings. The Morgan fingerprint density at radius 1 is 0.576 bits per heavy atom. The van der Waals surface area contributed by atoms with E-state index in [0.29, 0.717) is 6.61 Å². The van der Waals surface area contributed by atoms with E-state index in [2.05, 4.69) is 27.7 Å². The minimum absolute atomic E-state index is 0.242. The molecule has 1 unspecified atom stereocenters. The lowest BCUT2D eigenvalue weighted by molar-refractivity contribution is -0.117. The Bertz CT molecular complexity index is 380. The minimum atomic E-state index is -2.62. The van der Waals surface area contributed by atoms with Crippen molar-refractivity contribution < 1.29 is 34.7 Å². The molecule has 0 spiro atoms. The first-order valence-electron chi connectivity index (χ1n) is 13.0. The third-order valence-electron chi connectivity index (χ3n) is 6.12. The van der Waals surface area contributed by atoms with Crippen LogP contribution in [0.5, 0.6) is 0 Å². The molecule has 0 aromatic carbocycles. The minimum Gasteiger partial charge on any atom is -0.396 e. The van der Waals surface area contributed by atoms with Gasteiger partial charge in [0.25, 0.3) is 0 Å². The van der Waals surface area contributed by atoms with Crippen LogP contribution in [0.2, 0.25) is 0 Å². The third kappa shape index (κ3) is 22.4. The van der Waals surface area contributed by atoms with Gasteiger partial charge >= 0.3 is 8.60 Å². The molecule has 0 amide bonds. The van der Waals surface area contributed by atoms with Crippen LogP contribution >= 0.6 is 8.60 Å². The highest BCUT2D eigenvalue weighted by Crippen LogP contribution is 2.28. The highest BCUT2D eigenvalue weighted by Gasteiger charge is 2.38. The first-order valence-corrected chi connectivity index (χ1v) is 14.2. The summed E-state index contributed by atoms with van der Waals surface area (Å²) in [5.41, 5.74) is -0.936. The number of unbranched alkanes of at least 4 members (excludes halogenated alkanes) is 8. The van der Waals surface area contributed by atoms with E-state index in [1.54, 1.807) is 0 Å². The van der Waals surface area contributed by atoms with Crippen LogP contribution in [0.3, 0.4) is 0 Å². The summed E-state index contributed by atoms with van der Waals surface area (Å²) in [6.45, 7) is 9.00. The van der Waals surface area contributed by atoms with E-state index in [0.717, 1.165) is 43.9 Å². The molecule has 202 valence electrons. The van der Waals surface area contributed by atoms with Gasteiger partial charge in [0.15, 0.2) is 0 Å². The molecular weight excluding hydrogens is 443 g/mol. The van der Waals surface area contributed by atoms with Crippen molar-refractivity contribution in [3.63, 3.8) is 0 Å². The molecule has 0 radical (unpaired) electrons. The van der Waals surface area contributed by atoms with Gasteiger partial charge in [-0.15, -0.1) is 0 Å². The molecule has 0 aromatic rings. The molecule has 0 aliphatic heterocycles. The van der Waals surface area contributed by atoms with Gasteiger partial charge in [-0.3, -0.25) is 0 Å². The molecule has 7 nitrogen and oxygen atoms in total. The summed E-state index contributed by atoms with van der Waals surface area (Å²) in [4.78, 5) is 21.7. The fourth-order valence-electron chi connectivity index (χ4n) is 3.84. The van der Waals surface area contributed by atoms with Crippen molar-refractivity contribution in [2.24, 2.45) is 17.3 Å². The Balaban J connectivity index is 0. The predicted molar refractivity (Wildman–Crippen MR) is 137 cm³/mol. The Hall–Kier alpha value is 0.150. The molecule has 0 aliphatic carbocycles. The van der Waals surface area contributed by atoms with Crippen molar-refractivity contribution >= 4 is 8.60 Å². The Morgan fingerprint density at radius 3 is 1.27 bits per heavy atom. The quantitative estimate of drug-likeness (QED) is 0.0979. The SMILES string of the molecule is CC(C)CCCCCCCOC(CCCCCCCC(C)C)C(CO)(CO)CO.OP(O)O. The molecule has 0 saturated carbocycles. The van der Waals surface area contributed by atoms with Crippen molar-refractivity contribution in [3.05, 3.63) is 0 Å². The van der Waals surface area contributed by atoms with Gasteiger partial charge in [-0.1, -0.05) is 98.3 Å². The monoisotopic (exact) mass is 498 g/mol. The van der Waals surface area contributed by atoms with E-state index in [9.17, 15) is 15.3 Å². The second-order valence-corrected chi connectivity index (χ2v) is 10.7. The molecule has 0 bridgehead atoms. The second-order valence-electron chi connectivity index (χ2n) is 10.2. The second kappa shape index (κ2) is 23.9. The lowest BCUT2D eigenvalue weighted by atomic mass is 9.81. The van der Waals surface area contributed by atoms with Gasteiger partial charge in [-0.25, -0.2) is 0 Å². The average Bonchev–Trinajstić information content (AvgIpc) is 2.74. The molecule has 33 heavy (non-hydrogen) atoms. The van der Waals surface area contributed by atoms with Crippen molar-refractivity contribution in [1.82, 2.24) is 0 Å². The van der Waals surface area contributed by atoms with Gasteiger partial charge in [0, 0.05) is 6.61 Å². The first-order chi connectivity index (χ1) is 15.6. The highest BCUT2D eigenvalue weighted by molar-refractivity contribution is 7.38. The molecule has 0 heterocycles. The fraction of sp³-hybridized carbons (Fsp3) is 1.00. The van der Waals surface area contributed by atoms with Crippen LogP contribution in [0.4, 0.5) is 0 Å². The van der Waals surface area contributed by atoms with E-state index < -0.39 is 14.0 Å². The lowest BCUT2D eigenvalue weighted by Gasteiger charge is -2.36. The topological polar surface area (TPSA) is 131 Å². The maximum absolute atomic E-state index is 9.82. The number of ether oxygens (including phenoxy) is 1. The van der Waals surface area contributed by atoms with E-state index in [1.165, 1.54) is 51.4 Å². The van der Waals surface area contributed by atoms with Crippen LogP contribution in [-0.2, 0) is 4.74 Å². The van der Waals surface area contributed by atoms with Crippen LogP contribution in [-0.4, -0.2) is 62.5 Å². The van der Waals surface area contributed by atoms with Crippen LogP contribution < -0.4 is 0 Å². The van der Waals surface area contributed by atoms with E-state index in [4.69, 9.17) is 19.4 Å². The Kier molecular flexibility index (Phi) is 25.5. The Morgan fingerprint density at radius 2 is 0.909 bits per heavy atom. The number of aliphatic hydroxyl groups excluding tert-OH is 3. The molecular formula is C25H55O7P. The summed E-state index contributed by atoms with van der Waals surface area (Å²) in [6.07, 6.45) is 15.1. The van der Waals surface area contributed by atoms with Crippen LogP contribution in [0.1, 0.15) is 111 Å². The average molecular weight is 499 g/mol. The number of rotatable bonds is 21. The molecule has 0 rings (SSSR count).